The van der Waals surface area contributed by atoms with Crippen molar-refractivity contribution in [3.05, 3.63) is 58.9 Å². The lowest BCUT2D eigenvalue weighted by Gasteiger charge is -2.08. The van der Waals surface area contributed by atoms with Crippen LogP contribution in [0.3, 0.4) is 0 Å². The molecule has 0 aliphatic carbocycles. The summed E-state index contributed by atoms with van der Waals surface area (Å²) in [6.07, 6.45) is 0. The van der Waals surface area contributed by atoms with E-state index in [-0.39, 0.29) is 11.1 Å². The molecule has 0 unspecified atom stereocenters. The van der Waals surface area contributed by atoms with Gasteiger partial charge in [-0.15, -0.1) is 0 Å². The molecule has 0 aliphatic heterocycles. The van der Waals surface area contributed by atoms with Crippen LogP contribution in [-0.4, -0.2) is 11.1 Å². The normalized spacial score (nSPS) is 10.5. The Bertz CT molecular complexity index is 643. The first kappa shape index (κ1) is 13.1. The number of halogens is 3. The zero-order valence-electron chi connectivity index (χ0n) is 9.88. The molecule has 5 heteroatoms. The summed E-state index contributed by atoms with van der Waals surface area (Å²) in [5.74, 6) is -4.36. The fourth-order valence-corrected chi connectivity index (χ4v) is 1.87. The van der Waals surface area contributed by atoms with E-state index in [1.807, 2.05) is 0 Å². The zero-order valence-corrected chi connectivity index (χ0v) is 9.88. The van der Waals surface area contributed by atoms with Crippen LogP contribution in [0, 0.1) is 24.4 Å². The molecule has 98 valence electrons. The fourth-order valence-electron chi connectivity index (χ4n) is 1.87. The lowest BCUT2D eigenvalue weighted by molar-refractivity contribution is 0.0697. The quantitative estimate of drug-likeness (QED) is 0.898. The highest BCUT2D eigenvalue weighted by molar-refractivity contribution is 5.89. The Labute approximate surface area is 107 Å². The molecule has 0 aliphatic rings. The predicted octanol–water partition coefficient (Wildman–Crippen LogP) is 3.78. The summed E-state index contributed by atoms with van der Waals surface area (Å²) in [6.45, 7) is 1.61. The average molecular weight is 266 g/mol. The van der Waals surface area contributed by atoms with Crippen LogP contribution in [0.2, 0.25) is 0 Å². The van der Waals surface area contributed by atoms with Gasteiger partial charge in [0.1, 0.15) is 17.5 Å². The molecule has 2 aromatic carbocycles. The van der Waals surface area contributed by atoms with Gasteiger partial charge in [0, 0.05) is 12.1 Å². The van der Waals surface area contributed by atoms with Gasteiger partial charge >= 0.3 is 5.97 Å². The first-order valence-corrected chi connectivity index (χ1v) is 5.38. The maximum absolute atomic E-state index is 13.6. The summed E-state index contributed by atoms with van der Waals surface area (Å²) in [6, 6.07) is 5.08. The number of hydrogen-bond acceptors (Lipinski definition) is 1. The smallest absolute Gasteiger partial charge is 0.335 e. The summed E-state index contributed by atoms with van der Waals surface area (Å²) in [5.41, 5.74) is 0.0798. The van der Waals surface area contributed by atoms with E-state index in [0.717, 1.165) is 6.07 Å². The van der Waals surface area contributed by atoms with Crippen LogP contribution < -0.4 is 0 Å². The van der Waals surface area contributed by atoms with Crippen LogP contribution in [0.4, 0.5) is 13.2 Å². The number of carboxylic acid groups (broad SMARTS) is 1. The third-order valence-corrected chi connectivity index (χ3v) is 2.62. The second-order valence-electron chi connectivity index (χ2n) is 4.14. The minimum atomic E-state index is -1.20. The molecular formula is C14H9F3O2. The van der Waals surface area contributed by atoms with E-state index >= 15 is 0 Å². The van der Waals surface area contributed by atoms with Crippen molar-refractivity contribution < 1.29 is 23.1 Å². The van der Waals surface area contributed by atoms with Gasteiger partial charge in [0.15, 0.2) is 0 Å². The topological polar surface area (TPSA) is 37.3 Å². The summed E-state index contributed by atoms with van der Waals surface area (Å²) >= 11 is 0. The molecule has 0 atom stereocenters. The Morgan fingerprint density at radius 1 is 1.00 bits per heavy atom. The molecule has 0 amide bonds. The number of rotatable bonds is 2. The monoisotopic (exact) mass is 266 g/mol. The lowest BCUT2D eigenvalue weighted by atomic mass is 9.99. The third kappa shape index (κ3) is 2.59. The lowest BCUT2D eigenvalue weighted by Crippen LogP contribution is -1.99. The summed E-state index contributed by atoms with van der Waals surface area (Å²) in [5, 5.41) is 8.92. The summed E-state index contributed by atoms with van der Waals surface area (Å²) in [7, 11) is 0. The van der Waals surface area contributed by atoms with Crippen molar-refractivity contribution in [3.63, 3.8) is 0 Å². The minimum Gasteiger partial charge on any atom is -0.478 e. The van der Waals surface area contributed by atoms with Crippen molar-refractivity contribution in [2.45, 2.75) is 6.92 Å². The number of carboxylic acids is 1. The van der Waals surface area contributed by atoms with Gasteiger partial charge in [0.05, 0.1) is 11.1 Å². The highest BCUT2D eigenvalue weighted by Gasteiger charge is 2.15. The predicted molar refractivity (Wildman–Crippen MR) is 63.4 cm³/mol. The van der Waals surface area contributed by atoms with Crippen molar-refractivity contribution >= 4 is 5.97 Å². The van der Waals surface area contributed by atoms with Crippen LogP contribution in [0.5, 0.6) is 0 Å². The Kier molecular flexibility index (Phi) is 3.29. The fraction of sp³-hybridized carbons (Fsp3) is 0.0714. The van der Waals surface area contributed by atoms with Crippen molar-refractivity contribution in [2.75, 3.05) is 0 Å². The number of hydrogen-bond donors (Lipinski definition) is 1. The van der Waals surface area contributed by atoms with Crippen LogP contribution >= 0.6 is 0 Å². The molecule has 0 aromatic heterocycles. The summed E-state index contributed by atoms with van der Waals surface area (Å²) < 4.78 is 40.1. The van der Waals surface area contributed by atoms with E-state index in [1.54, 1.807) is 6.92 Å². The van der Waals surface area contributed by atoms with Gasteiger partial charge in [-0.1, -0.05) is 6.07 Å². The zero-order chi connectivity index (χ0) is 14.2. The van der Waals surface area contributed by atoms with Gasteiger partial charge in [-0.05, 0) is 30.2 Å². The van der Waals surface area contributed by atoms with Crippen LogP contribution in [0.15, 0.2) is 30.3 Å². The Morgan fingerprint density at radius 2 is 1.58 bits per heavy atom. The minimum absolute atomic E-state index is 0.0624. The van der Waals surface area contributed by atoms with Crippen molar-refractivity contribution in [3.8, 4) is 11.1 Å². The number of benzene rings is 2. The van der Waals surface area contributed by atoms with E-state index in [1.165, 1.54) is 12.1 Å². The molecule has 0 saturated carbocycles. The van der Waals surface area contributed by atoms with E-state index in [0.29, 0.717) is 17.7 Å². The second kappa shape index (κ2) is 4.76. The molecule has 0 saturated heterocycles. The van der Waals surface area contributed by atoms with E-state index in [9.17, 15) is 18.0 Å². The maximum atomic E-state index is 13.6. The second-order valence-corrected chi connectivity index (χ2v) is 4.14. The highest BCUT2D eigenvalue weighted by Crippen LogP contribution is 2.28. The Morgan fingerprint density at radius 3 is 2.11 bits per heavy atom. The average Bonchev–Trinajstić information content (AvgIpc) is 2.26. The molecule has 0 heterocycles. The van der Waals surface area contributed by atoms with Gasteiger partial charge < -0.3 is 5.11 Å². The van der Waals surface area contributed by atoms with Gasteiger partial charge in [-0.3, -0.25) is 0 Å². The molecule has 0 fully saturated rings. The molecule has 0 spiro atoms. The first-order valence-electron chi connectivity index (χ1n) is 5.38. The standard InChI is InChI=1S/C14H9F3O2/c1-7-2-8(4-9(3-7)14(18)19)13-11(16)5-10(15)6-12(13)17/h2-6H,1H3,(H,18,19). The third-order valence-electron chi connectivity index (χ3n) is 2.62. The van der Waals surface area contributed by atoms with Gasteiger partial charge in [0.2, 0.25) is 0 Å². The molecule has 0 bridgehead atoms. The number of aryl methyl sites for hydroxylation is 1. The maximum Gasteiger partial charge on any atom is 0.335 e. The van der Waals surface area contributed by atoms with Crippen molar-refractivity contribution in [2.24, 2.45) is 0 Å². The highest BCUT2D eigenvalue weighted by atomic mass is 19.1. The number of aromatic carboxylic acids is 1. The number of carbonyl (C=O) groups is 1. The molecule has 2 nitrogen and oxygen atoms in total. The molecule has 1 N–H and O–H groups in total. The SMILES string of the molecule is Cc1cc(C(=O)O)cc(-c2c(F)cc(F)cc2F)c1. The van der Waals surface area contributed by atoms with E-state index < -0.39 is 29.0 Å². The van der Waals surface area contributed by atoms with Gasteiger partial charge in [-0.2, -0.15) is 0 Å². The largest absolute Gasteiger partial charge is 0.478 e. The van der Waals surface area contributed by atoms with Crippen LogP contribution in [0.25, 0.3) is 11.1 Å². The molecule has 0 radical (unpaired) electrons. The van der Waals surface area contributed by atoms with Gasteiger partial charge in [-0.25, -0.2) is 18.0 Å². The first-order chi connectivity index (χ1) is 8.88. The Balaban J connectivity index is 2.69. The molecule has 2 rings (SSSR count). The van der Waals surface area contributed by atoms with Crippen molar-refractivity contribution in [1.29, 1.82) is 0 Å². The van der Waals surface area contributed by atoms with Crippen LogP contribution in [0.1, 0.15) is 15.9 Å². The summed E-state index contributed by atoms with van der Waals surface area (Å²) in [4.78, 5) is 10.9. The van der Waals surface area contributed by atoms with Gasteiger partial charge in [0.25, 0.3) is 0 Å². The Hall–Kier alpha value is -2.30. The molecule has 2 aromatic rings. The van der Waals surface area contributed by atoms with E-state index in [4.69, 9.17) is 5.11 Å². The van der Waals surface area contributed by atoms with Crippen molar-refractivity contribution in [1.82, 2.24) is 0 Å². The molecular weight excluding hydrogens is 257 g/mol. The van der Waals surface area contributed by atoms with E-state index in [2.05, 4.69) is 0 Å². The molecule has 19 heavy (non-hydrogen) atoms. The van der Waals surface area contributed by atoms with Crippen LogP contribution in [-0.2, 0) is 0 Å².